The maximum Gasteiger partial charge on any atom is 0.384 e. The van der Waals surface area contributed by atoms with E-state index in [2.05, 4.69) is 70.0 Å². The molecule has 0 spiro atoms. The highest BCUT2D eigenvalue weighted by Crippen LogP contribution is 2.43. The van der Waals surface area contributed by atoms with Crippen LogP contribution in [0.5, 0.6) is 0 Å². The highest BCUT2D eigenvalue weighted by molar-refractivity contribution is 6.74. The first-order chi connectivity index (χ1) is 11.6. The maximum atomic E-state index is 11.9. The van der Waals surface area contributed by atoms with Crippen molar-refractivity contribution < 1.29 is 14.0 Å². The Bertz CT molecular complexity index is 601. The van der Waals surface area contributed by atoms with Crippen molar-refractivity contribution in [2.45, 2.75) is 77.3 Å². The summed E-state index contributed by atoms with van der Waals surface area (Å²) in [7, 11) is -1.89. The molecule has 0 saturated heterocycles. The van der Waals surface area contributed by atoms with Gasteiger partial charge in [-0.2, -0.15) is 0 Å². The molecule has 25 heavy (non-hydrogen) atoms. The summed E-state index contributed by atoms with van der Waals surface area (Å²) in [5.41, 5.74) is 0. The Morgan fingerprint density at radius 2 is 1.88 bits per heavy atom. The SMILES string of the molecule is C[C@@H]1C[C@H]2C[C@@H]2/C=C\C=C\C(O[Si](C)(C)C(C)(C)C)CC#CC(=O)O1. The van der Waals surface area contributed by atoms with Crippen LogP contribution < -0.4 is 0 Å². The molecule has 1 saturated carbocycles. The number of carbonyl (C=O) groups is 1. The molecule has 1 fully saturated rings. The molecule has 2 rings (SSSR count). The maximum absolute atomic E-state index is 11.9. The van der Waals surface area contributed by atoms with Gasteiger partial charge in [0.05, 0.1) is 6.10 Å². The number of allylic oxidation sites excluding steroid dienone is 3. The molecule has 0 bridgehead atoms. The third-order valence-corrected chi connectivity index (χ3v) is 9.97. The minimum atomic E-state index is -1.89. The van der Waals surface area contributed by atoms with Gasteiger partial charge in [0.15, 0.2) is 8.32 Å². The van der Waals surface area contributed by atoms with Gasteiger partial charge in [-0.15, -0.1) is 0 Å². The van der Waals surface area contributed by atoms with E-state index in [0.29, 0.717) is 18.3 Å². The van der Waals surface area contributed by atoms with E-state index in [1.807, 2.05) is 6.92 Å². The van der Waals surface area contributed by atoms with Crippen molar-refractivity contribution in [1.82, 2.24) is 0 Å². The van der Waals surface area contributed by atoms with Crippen molar-refractivity contribution in [2.24, 2.45) is 11.8 Å². The normalized spacial score (nSPS) is 33.1. The van der Waals surface area contributed by atoms with Gasteiger partial charge in [-0.3, -0.25) is 0 Å². The first-order valence-corrected chi connectivity index (χ1v) is 12.2. The molecule has 4 heteroatoms. The molecule has 1 unspecified atom stereocenters. The monoisotopic (exact) mass is 360 g/mol. The molecule has 138 valence electrons. The van der Waals surface area contributed by atoms with Gasteiger partial charge >= 0.3 is 5.97 Å². The highest BCUT2D eigenvalue weighted by atomic mass is 28.4. The molecule has 2 aliphatic rings. The topological polar surface area (TPSA) is 35.5 Å². The van der Waals surface area contributed by atoms with E-state index in [0.717, 1.165) is 6.42 Å². The standard InChI is InChI=1S/C21H32O3Si/c1-16-14-18-15-17(18)10-7-8-11-19(12-9-13-20(22)23-16)24-25(5,6)21(2,3)4/h7-8,10-11,16-19H,12,14-15H2,1-6H3/b10-7-,11-8+/t16-,17+,18+,19?/m1/s1. The lowest BCUT2D eigenvalue weighted by atomic mass is 10.1. The quantitative estimate of drug-likeness (QED) is 0.305. The summed E-state index contributed by atoms with van der Waals surface area (Å²) in [5.74, 6) is 6.39. The fourth-order valence-corrected chi connectivity index (χ4v) is 4.06. The number of fused-ring (bicyclic) bond motifs is 1. The number of carbonyl (C=O) groups excluding carboxylic acids is 1. The number of hydrogen-bond donors (Lipinski definition) is 0. The molecule has 0 amide bonds. The van der Waals surface area contributed by atoms with Gasteiger partial charge in [-0.05, 0) is 49.7 Å². The van der Waals surface area contributed by atoms with Gasteiger partial charge in [0, 0.05) is 12.3 Å². The molecule has 0 aromatic heterocycles. The van der Waals surface area contributed by atoms with Gasteiger partial charge in [0.2, 0.25) is 0 Å². The number of cyclic esters (lactones) is 1. The predicted molar refractivity (Wildman–Crippen MR) is 105 cm³/mol. The van der Waals surface area contributed by atoms with Crippen molar-refractivity contribution in [2.75, 3.05) is 0 Å². The average Bonchev–Trinajstić information content (AvgIpc) is 3.18. The van der Waals surface area contributed by atoms with Gasteiger partial charge in [0.25, 0.3) is 0 Å². The third-order valence-electron chi connectivity index (χ3n) is 5.46. The van der Waals surface area contributed by atoms with Gasteiger partial charge in [0.1, 0.15) is 6.10 Å². The number of esters is 1. The molecular weight excluding hydrogens is 328 g/mol. The van der Waals surface area contributed by atoms with E-state index in [4.69, 9.17) is 9.16 Å². The van der Waals surface area contributed by atoms with Crippen molar-refractivity contribution in [3.05, 3.63) is 24.3 Å². The lowest BCUT2D eigenvalue weighted by Crippen LogP contribution is -2.43. The first kappa shape index (κ1) is 20.0. The van der Waals surface area contributed by atoms with Gasteiger partial charge in [-0.1, -0.05) is 51.0 Å². The fourth-order valence-electron chi connectivity index (χ4n) is 2.79. The fraction of sp³-hybridized carbons (Fsp3) is 0.667. The minimum Gasteiger partial charge on any atom is -0.453 e. The molecule has 1 aliphatic heterocycles. The summed E-state index contributed by atoms with van der Waals surface area (Å²) in [6.07, 6.45) is 11.0. The Kier molecular flexibility index (Phi) is 6.34. The van der Waals surface area contributed by atoms with Crippen LogP contribution in [0.2, 0.25) is 18.1 Å². The van der Waals surface area contributed by atoms with Crippen LogP contribution >= 0.6 is 0 Å². The van der Waals surface area contributed by atoms with Gasteiger partial charge in [-0.25, -0.2) is 4.79 Å². The summed E-state index contributed by atoms with van der Waals surface area (Å²) in [6, 6.07) is 0. The largest absolute Gasteiger partial charge is 0.453 e. The highest BCUT2D eigenvalue weighted by Gasteiger charge is 2.39. The number of rotatable bonds is 2. The number of hydrogen-bond acceptors (Lipinski definition) is 3. The lowest BCUT2D eigenvalue weighted by Gasteiger charge is -2.38. The molecule has 1 heterocycles. The molecule has 1 aliphatic carbocycles. The summed E-state index contributed by atoms with van der Waals surface area (Å²) in [6.45, 7) is 13.1. The van der Waals surface area contributed by atoms with E-state index >= 15 is 0 Å². The zero-order valence-electron chi connectivity index (χ0n) is 16.5. The summed E-state index contributed by atoms with van der Waals surface area (Å²) in [4.78, 5) is 11.9. The molecule has 0 radical (unpaired) electrons. The number of ether oxygens (including phenoxy) is 1. The van der Waals surface area contributed by atoms with Crippen LogP contribution in [0.25, 0.3) is 0 Å². The Morgan fingerprint density at radius 3 is 2.56 bits per heavy atom. The molecule has 3 nitrogen and oxygen atoms in total. The van der Waals surface area contributed by atoms with Crippen molar-refractivity contribution in [1.29, 1.82) is 0 Å². The van der Waals surface area contributed by atoms with E-state index in [1.165, 1.54) is 6.42 Å². The van der Waals surface area contributed by atoms with Crippen molar-refractivity contribution in [3.63, 3.8) is 0 Å². The smallest absolute Gasteiger partial charge is 0.384 e. The zero-order chi connectivity index (χ0) is 18.7. The van der Waals surface area contributed by atoms with Crippen LogP contribution in [0.15, 0.2) is 24.3 Å². The first-order valence-electron chi connectivity index (χ1n) is 9.31. The van der Waals surface area contributed by atoms with Crippen LogP contribution in [-0.4, -0.2) is 26.5 Å². The van der Waals surface area contributed by atoms with Crippen LogP contribution in [0.1, 0.15) is 47.0 Å². The van der Waals surface area contributed by atoms with Crippen molar-refractivity contribution in [3.8, 4) is 11.8 Å². The Hall–Kier alpha value is -1.31. The van der Waals surface area contributed by atoms with E-state index in [1.54, 1.807) is 0 Å². The van der Waals surface area contributed by atoms with Crippen LogP contribution in [0.4, 0.5) is 0 Å². The second kappa shape index (κ2) is 7.93. The third kappa shape index (κ3) is 6.16. The average molecular weight is 361 g/mol. The summed E-state index contributed by atoms with van der Waals surface area (Å²) in [5, 5.41) is 0.138. The predicted octanol–water partition coefficient (Wildman–Crippen LogP) is 4.85. The Labute approximate surface area is 154 Å². The van der Waals surface area contributed by atoms with E-state index in [9.17, 15) is 4.79 Å². The van der Waals surface area contributed by atoms with Crippen LogP contribution in [0, 0.1) is 23.7 Å². The van der Waals surface area contributed by atoms with Crippen LogP contribution in [0.3, 0.4) is 0 Å². The molecular formula is C21H32O3Si. The van der Waals surface area contributed by atoms with Crippen LogP contribution in [-0.2, 0) is 14.0 Å². The summed E-state index contributed by atoms with van der Waals surface area (Å²) >= 11 is 0. The Balaban J connectivity index is 2.13. The summed E-state index contributed by atoms with van der Waals surface area (Å²) < 4.78 is 11.9. The second-order valence-electron chi connectivity index (χ2n) is 8.80. The molecule has 0 aromatic rings. The molecule has 4 atom stereocenters. The van der Waals surface area contributed by atoms with E-state index in [-0.39, 0.29) is 17.2 Å². The molecule has 0 N–H and O–H groups in total. The lowest BCUT2D eigenvalue weighted by molar-refractivity contribution is -0.141. The minimum absolute atomic E-state index is 0.0667. The Morgan fingerprint density at radius 1 is 1.20 bits per heavy atom. The van der Waals surface area contributed by atoms with E-state index < -0.39 is 14.3 Å². The van der Waals surface area contributed by atoms with Crippen molar-refractivity contribution >= 4 is 14.3 Å². The second-order valence-corrected chi connectivity index (χ2v) is 13.6. The molecule has 0 aromatic carbocycles. The van der Waals surface area contributed by atoms with Gasteiger partial charge < -0.3 is 9.16 Å². The zero-order valence-corrected chi connectivity index (χ0v) is 17.5.